The second-order valence-electron chi connectivity index (χ2n) is 8.12. The number of terminal acetylenes is 1. The summed E-state index contributed by atoms with van der Waals surface area (Å²) in [6.07, 6.45) is 5.28. The molecule has 0 unspecified atom stereocenters. The number of ether oxygens (including phenoxy) is 1. The zero-order chi connectivity index (χ0) is 26.3. The van der Waals surface area contributed by atoms with Crippen molar-refractivity contribution < 1.29 is 31.1 Å². The minimum absolute atomic E-state index is 0.00712. The molecule has 0 atom stereocenters. The minimum Gasteiger partial charge on any atom is -0.382 e. The number of hydrogen-bond acceptors (Lipinski definition) is 7. The van der Waals surface area contributed by atoms with Crippen molar-refractivity contribution in [1.82, 2.24) is 14.6 Å². The number of alkyl halides is 3. The van der Waals surface area contributed by atoms with Crippen LogP contribution < -0.4 is 10.6 Å². The Labute approximate surface area is 199 Å². The smallest absolute Gasteiger partial charge is 0.382 e. The first kappa shape index (κ1) is 26.0. The largest absolute Gasteiger partial charge is 0.418 e. The quantitative estimate of drug-likeness (QED) is 0.539. The fraction of sp³-hybridized carbons (Fsp3) is 0.318. The third-order valence-electron chi connectivity index (χ3n) is 5.37. The fourth-order valence-electron chi connectivity index (χ4n) is 3.80. The number of rotatable bonds is 3. The highest BCUT2D eigenvalue weighted by Gasteiger charge is 2.40. The summed E-state index contributed by atoms with van der Waals surface area (Å²) in [5.74, 6) is -0.833. The van der Waals surface area contributed by atoms with Crippen molar-refractivity contribution in [2.75, 3.05) is 30.0 Å². The lowest BCUT2D eigenvalue weighted by Crippen LogP contribution is -2.54. The molecule has 186 valence electrons. The van der Waals surface area contributed by atoms with Crippen LogP contribution >= 0.6 is 0 Å². The topological polar surface area (TPSA) is 120 Å². The lowest BCUT2D eigenvalue weighted by Gasteiger charge is -2.37. The first-order valence-electron chi connectivity index (χ1n) is 10.0. The number of nitrogens with two attached hydrogens (primary N) is 1. The van der Waals surface area contributed by atoms with Crippen molar-refractivity contribution >= 4 is 32.8 Å². The number of benzene rings is 1. The Hall–Kier alpha value is -3.63. The highest BCUT2D eigenvalue weighted by atomic mass is 32.2. The number of halogens is 3. The molecule has 0 radical (unpaired) electrons. The summed E-state index contributed by atoms with van der Waals surface area (Å²) in [6, 6.07) is 4.84. The van der Waals surface area contributed by atoms with Crippen molar-refractivity contribution in [3.63, 3.8) is 0 Å². The molecule has 0 aliphatic carbocycles. The second-order valence-corrected chi connectivity index (χ2v) is 10.1. The number of nitrogen functional groups attached to an aromatic ring is 1. The predicted octanol–water partition coefficient (Wildman–Crippen LogP) is 2.79. The number of fused-ring (bicyclic) bond motifs is 1. The van der Waals surface area contributed by atoms with Gasteiger partial charge >= 0.3 is 6.18 Å². The first-order chi connectivity index (χ1) is 16.2. The summed E-state index contributed by atoms with van der Waals surface area (Å²) < 4.78 is 72.4. The van der Waals surface area contributed by atoms with Gasteiger partial charge in [0.25, 0.3) is 5.91 Å². The van der Waals surface area contributed by atoms with E-state index in [1.54, 1.807) is 13.8 Å². The molecule has 1 amide bonds. The van der Waals surface area contributed by atoms with Crippen molar-refractivity contribution in [2.24, 2.45) is 0 Å². The van der Waals surface area contributed by atoms with E-state index in [4.69, 9.17) is 10.5 Å². The fourth-order valence-corrected chi connectivity index (χ4v) is 4.67. The number of aromatic nitrogens is 3. The molecule has 4 rings (SSSR count). The third kappa shape index (κ3) is 4.67. The van der Waals surface area contributed by atoms with Gasteiger partial charge in [-0.15, -0.1) is 12.8 Å². The van der Waals surface area contributed by atoms with Crippen LogP contribution in [0.1, 0.15) is 19.4 Å². The molecule has 1 aromatic carbocycles. The Kier molecular flexibility index (Phi) is 6.58. The van der Waals surface area contributed by atoms with E-state index in [0.717, 1.165) is 23.2 Å². The van der Waals surface area contributed by atoms with Crippen molar-refractivity contribution in [2.45, 2.75) is 30.5 Å². The lowest BCUT2D eigenvalue weighted by molar-refractivity contribution is -0.144. The zero-order valence-corrected chi connectivity index (χ0v) is 19.8. The van der Waals surface area contributed by atoms with Crippen LogP contribution in [0.15, 0.2) is 35.5 Å². The summed E-state index contributed by atoms with van der Waals surface area (Å²) in [5, 5.41) is 3.91. The molecule has 1 saturated heterocycles. The van der Waals surface area contributed by atoms with Gasteiger partial charge in [0.15, 0.2) is 15.7 Å². The Balaban J connectivity index is 0.00000167. The van der Waals surface area contributed by atoms with E-state index >= 15 is 0 Å². The molecule has 2 N–H and O–H groups in total. The van der Waals surface area contributed by atoms with Crippen LogP contribution in [0, 0.1) is 12.8 Å². The maximum atomic E-state index is 13.7. The number of carbonyl (C=O) groups is 1. The SMILES string of the molecule is C#C.CC1(C)OCCN(c2cc(-c3cc(C(F)(F)F)c4c(N)ncnn34)ccc2S(C)(=O)=O)C1=O. The minimum atomic E-state index is -4.73. The number of carbonyl (C=O) groups excluding carboxylic acids is 1. The molecule has 0 bridgehead atoms. The third-order valence-corrected chi connectivity index (χ3v) is 6.52. The van der Waals surface area contributed by atoms with Crippen LogP contribution in [-0.2, 0) is 25.5 Å². The Morgan fingerprint density at radius 1 is 1.20 bits per heavy atom. The normalized spacial score (nSPS) is 16.1. The van der Waals surface area contributed by atoms with E-state index in [0.29, 0.717) is 0 Å². The van der Waals surface area contributed by atoms with Crippen LogP contribution in [0.4, 0.5) is 24.7 Å². The Bertz CT molecular complexity index is 1430. The molecular weight excluding hydrogens is 487 g/mol. The van der Waals surface area contributed by atoms with Gasteiger partial charge in [0, 0.05) is 18.4 Å². The standard InChI is InChI=1S/C20H20F3N5O4S.C2H2/c1-19(2)18(29)27(6-7-32-19)14-8-11(4-5-15(14)33(3,30)31)13-9-12(20(21,22)23)16-17(24)25-10-26-28(13)16;1-2/h4-5,8-10H,6-7H2,1-3H3,(H2,24,25,26);1-2H. The van der Waals surface area contributed by atoms with Gasteiger partial charge in [0.2, 0.25) is 0 Å². The summed E-state index contributed by atoms with van der Waals surface area (Å²) in [7, 11) is -3.78. The average Bonchev–Trinajstić information content (AvgIpc) is 3.18. The van der Waals surface area contributed by atoms with E-state index in [1.807, 2.05) is 0 Å². The summed E-state index contributed by atoms with van der Waals surface area (Å²) >= 11 is 0. The lowest BCUT2D eigenvalue weighted by atomic mass is 10.0. The molecule has 3 aromatic rings. The number of morpholine rings is 1. The predicted molar refractivity (Wildman–Crippen MR) is 123 cm³/mol. The molecule has 1 aliphatic heterocycles. The molecule has 13 heteroatoms. The van der Waals surface area contributed by atoms with Gasteiger partial charge in [0.1, 0.15) is 17.4 Å². The van der Waals surface area contributed by atoms with Crippen LogP contribution in [-0.4, -0.2) is 53.9 Å². The Morgan fingerprint density at radius 3 is 2.46 bits per heavy atom. The highest BCUT2D eigenvalue weighted by Crippen LogP contribution is 2.40. The van der Waals surface area contributed by atoms with E-state index in [9.17, 15) is 26.4 Å². The molecule has 0 spiro atoms. The van der Waals surface area contributed by atoms with Gasteiger partial charge in [-0.25, -0.2) is 17.9 Å². The number of nitrogens with zero attached hydrogens (tertiary/aromatic N) is 4. The van der Waals surface area contributed by atoms with Gasteiger partial charge in [0.05, 0.1) is 28.4 Å². The molecule has 1 fully saturated rings. The molecule has 35 heavy (non-hydrogen) atoms. The van der Waals surface area contributed by atoms with E-state index < -0.39 is 38.6 Å². The zero-order valence-electron chi connectivity index (χ0n) is 19.0. The molecule has 2 aromatic heterocycles. The van der Waals surface area contributed by atoms with Crippen molar-refractivity contribution in [3.05, 3.63) is 36.2 Å². The summed E-state index contributed by atoms with van der Waals surface area (Å²) in [5.41, 5.74) is 3.31. The number of sulfone groups is 1. The van der Waals surface area contributed by atoms with Gasteiger partial charge in [-0.05, 0) is 32.0 Å². The summed E-state index contributed by atoms with van der Waals surface area (Å²) in [4.78, 5) is 17.8. The summed E-state index contributed by atoms with van der Waals surface area (Å²) in [6.45, 7) is 3.34. The molecule has 0 saturated carbocycles. The monoisotopic (exact) mass is 509 g/mol. The van der Waals surface area contributed by atoms with Crippen molar-refractivity contribution in [1.29, 1.82) is 0 Å². The van der Waals surface area contributed by atoms with Crippen LogP contribution in [0.3, 0.4) is 0 Å². The molecule has 3 heterocycles. The molecular formula is C22H22F3N5O4S. The first-order valence-corrected chi connectivity index (χ1v) is 11.9. The van der Waals surface area contributed by atoms with Crippen LogP contribution in [0.25, 0.3) is 16.8 Å². The second kappa shape index (κ2) is 8.86. The highest BCUT2D eigenvalue weighted by molar-refractivity contribution is 7.90. The molecule has 9 nitrogen and oxygen atoms in total. The van der Waals surface area contributed by atoms with E-state index in [2.05, 4.69) is 22.9 Å². The van der Waals surface area contributed by atoms with Gasteiger partial charge in [-0.1, -0.05) is 6.07 Å². The number of anilines is 2. The van der Waals surface area contributed by atoms with E-state index in [1.165, 1.54) is 23.1 Å². The van der Waals surface area contributed by atoms with Crippen molar-refractivity contribution in [3.8, 4) is 24.1 Å². The van der Waals surface area contributed by atoms with Gasteiger partial charge < -0.3 is 15.4 Å². The van der Waals surface area contributed by atoms with E-state index in [-0.39, 0.29) is 40.8 Å². The number of hydrogen-bond donors (Lipinski definition) is 1. The molecule has 1 aliphatic rings. The van der Waals surface area contributed by atoms with Gasteiger partial charge in [-0.2, -0.15) is 18.3 Å². The van der Waals surface area contributed by atoms with Gasteiger partial charge in [-0.3, -0.25) is 4.79 Å². The Morgan fingerprint density at radius 2 is 1.86 bits per heavy atom. The van der Waals surface area contributed by atoms with Crippen LogP contribution in [0.5, 0.6) is 0 Å². The average molecular weight is 510 g/mol. The maximum Gasteiger partial charge on any atom is 0.418 e. The maximum absolute atomic E-state index is 13.7. The van der Waals surface area contributed by atoms with Crippen LogP contribution in [0.2, 0.25) is 0 Å². The number of amides is 1.